The number of aliphatic hydroxyl groups is 6. The summed E-state index contributed by atoms with van der Waals surface area (Å²) in [6, 6.07) is 3.05. The molecule has 0 unspecified atom stereocenters. The molecule has 7 aliphatic carbocycles. The van der Waals surface area contributed by atoms with E-state index in [-0.39, 0.29) is 47.0 Å². The number of esters is 1. The number of allylic oxidation sites excluding steroid dienone is 4. The van der Waals surface area contributed by atoms with E-state index in [1.54, 1.807) is 12.2 Å². The summed E-state index contributed by atoms with van der Waals surface area (Å²) in [5.41, 5.74) is -2.37. The van der Waals surface area contributed by atoms with Gasteiger partial charge in [-0.05, 0) is 94.7 Å². The molecule has 1 amide bonds. The number of ketones is 4. The fourth-order valence-electron chi connectivity index (χ4n) is 13.0. The van der Waals surface area contributed by atoms with Gasteiger partial charge in [-0.1, -0.05) is 44.6 Å². The first-order valence-corrected chi connectivity index (χ1v) is 20.9. The van der Waals surface area contributed by atoms with Gasteiger partial charge in [-0.2, -0.15) is 0 Å². The molecule has 9 N–H and O–H groups in total. The van der Waals surface area contributed by atoms with E-state index in [9.17, 15) is 64.5 Å². The van der Waals surface area contributed by atoms with Crippen molar-refractivity contribution in [2.24, 2.45) is 52.1 Å². The Kier molecular flexibility index (Phi) is 10.7. The summed E-state index contributed by atoms with van der Waals surface area (Å²) in [5, 5.41) is 77.9. The van der Waals surface area contributed by atoms with Crippen LogP contribution in [0.25, 0.3) is 0 Å². The van der Waals surface area contributed by atoms with E-state index in [4.69, 9.17) is 10.5 Å². The number of nitrogens with zero attached hydrogens (tertiary/aromatic N) is 1. The molecule has 16 heteroatoms. The minimum absolute atomic E-state index is 0.00535. The number of aromatic hydroxyl groups is 1. The van der Waals surface area contributed by atoms with Gasteiger partial charge in [0.2, 0.25) is 11.6 Å². The van der Waals surface area contributed by atoms with Crippen LogP contribution in [0.5, 0.6) is 5.75 Å². The predicted octanol–water partition coefficient (Wildman–Crippen LogP) is 2.16. The highest BCUT2D eigenvalue weighted by Crippen LogP contribution is 2.68. The molecular formula is C46H56N2O14. The van der Waals surface area contributed by atoms with Crippen molar-refractivity contribution in [3.05, 3.63) is 75.8 Å². The van der Waals surface area contributed by atoms with Crippen LogP contribution >= 0.6 is 0 Å². The molecule has 0 saturated heterocycles. The highest BCUT2D eigenvalue weighted by atomic mass is 16.5. The minimum Gasteiger partial charge on any atom is -0.510 e. The molecule has 8 rings (SSSR count). The number of fused-ring (bicyclic) bond motifs is 8. The number of ether oxygens (including phenoxy) is 1. The number of phenols is 1. The second-order valence-electron chi connectivity index (χ2n) is 19.3. The third kappa shape index (κ3) is 6.11. The van der Waals surface area contributed by atoms with Gasteiger partial charge in [0.05, 0.1) is 23.3 Å². The van der Waals surface area contributed by atoms with Crippen LogP contribution in [-0.4, -0.2) is 120 Å². The smallest absolute Gasteiger partial charge is 0.303 e. The number of hydrogen-bond acceptors (Lipinski definition) is 15. The van der Waals surface area contributed by atoms with Crippen LogP contribution in [0.1, 0.15) is 82.6 Å². The van der Waals surface area contributed by atoms with E-state index in [1.165, 1.54) is 51.0 Å². The van der Waals surface area contributed by atoms with Crippen molar-refractivity contribution in [2.45, 2.75) is 95.7 Å². The van der Waals surface area contributed by atoms with Crippen LogP contribution in [-0.2, 0) is 34.3 Å². The first-order chi connectivity index (χ1) is 28.7. The molecule has 0 bridgehead atoms. The second kappa shape index (κ2) is 14.8. The largest absolute Gasteiger partial charge is 0.510 e. The van der Waals surface area contributed by atoms with Crippen molar-refractivity contribution >= 4 is 35.0 Å². The number of carbonyl (C=O) groups is 6. The van der Waals surface area contributed by atoms with E-state index in [0.717, 1.165) is 12.0 Å². The SMILES string of the molecule is CC(=O)OCC(=O)[C@@]1(O)CC[C@H]2[C@@H]3C[C@H](C)C4=CC(=O)C=C[C@]4(C)[C@H]3[C@@H](O)C[C@@]21C.CN(C)[C@@H]1C(O)=C(C(N)=O)C(=O)[C@@]2(O)C(O)=C3C(=O)c4c(O)cccc4[C@@](C)(O)[C@H]3C[C@@H]12. The molecule has 334 valence electrons. The summed E-state index contributed by atoms with van der Waals surface area (Å²) in [6.45, 7) is 8.34. The average Bonchev–Trinajstić information content (AvgIpc) is 3.45. The Bertz CT molecular complexity index is 2320. The zero-order valence-corrected chi connectivity index (χ0v) is 35.8. The maximum absolute atomic E-state index is 13.3. The van der Waals surface area contributed by atoms with Gasteiger partial charge in [0.1, 0.15) is 28.4 Å². The quantitative estimate of drug-likeness (QED) is 0.156. The van der Waals surface area contributed by atoms with Gasteiger partial charge in [-0.15, -0.1) is 0 Å². The lowest BCUT2D eigenvalue weighted by atomic mass is 9.45. The lowest BCUT2D eigenvalue weighted by Crippen LogP contribution is -2.65. The monoisotopic (exact) mass is 860 g/mol. The number of aliphatic hydroxyl groups excluding tert-OH is 3. The first-order valence-electron chi connectivity index (χ1n) is 20.9. The van der Waals surface area contributed by atoms with Crippen molar-refractivity contribution in [1.29, 1.82) is 0 Å². The Hall–Kier alpha value is -5.00. The van der Waals surface area contributed by atoms with Gasteiger partial charge in [-0.25, -0.2) is 0 Å². The van der Waals surface area contributed by atoms with Gasteiger partial charge in [-0.3, -0.25) is 33.7 Å². The lowest BCUT2D eigenvalue weighted by molar-refractivity contribution is -0.182. The van der Waals surface area contributed by atoms with Crippen molar-refractivity contribution in [1.82, 2.24) is 4.90 Å². The van der Waals surface area contributed by atoms with Gasteiger partial charge in [0.25, 0.3) is 5.91 Å². The average molecular weight is 861 g/mol. The molecule has 3 fully saturated rings. The third-order valence-corrected chi connectivity index (χ3v) is 15.9. The summed E-state index contributed by atoms with van der Waals surface area (Å²) in [5.74, 6) is -8.60. The van der Waals surface area contributed by atoms with Crippen LogP contribution in [0.4, 0.5) is 0 Å². The highest BCUT2D eigenvalue weighted by molar-refractivity contribution is 6.25. The number of phenolic OH excluding ortho intramolecular Hbond substituents is 1. The molecule has 3 saturated carbocycles. The number of amides is 1. The van der Waals surface area contributed by atoms with Gasteiger partial charge in [0, 0.05) is 41.1 Å². The fourth-order valence-corrected chi connectivity index (χ4v) is 13.0. The van der Waals surface area contributed by atoms with Gasteiger partial charge in [0.15, 0.2) is 23.8 Å². The maximum Gasteiger partial charge on any atom is 0.303 e. The van der Waals surface area contributed by atoms with E-state index in [1.807, 2.05) is 13.0 Å². The molecular weight excluding hydrogens is 805 g/mol. The Morgan fingerprint density at radius 3 is 2.26 bits per heavy atom. The number of nitrogens with two attached hydrogens (primary N) is 1. The Morgan fingerprint density at radius 2 is 1.65 bits per heavy atom. The third-order valence-electron chi connectivity index (χ3n) is 15.9. The molecule has 1 aromatic rings. The molecule has 0 heterocycles. The topological polar surface area (TPSA) is 283 Å². The fraction of sp³-hybridized carbons (Fsp3) is 0.565. The molecule has 0 spiro atoms. The number of likely N-dealkylation sites (N-methyl/N-ethyl adjacent to an activating group) is 1. The number of benzene rings is 1. The Balaban J connectivity index is 0.000000187. The zero-order valence-electron chi connectivity index (χ0n) is 35.8. The van der Waals surface area contributed by atoms with Gasteiger partial charge < -0.3 is 46.2 Å². The van der Waals surface area contributed by atoms with E-state index in [0.29, 0.717) is 19.3 Å². The Morgan fingerprint density at radius 1 is 0.984 bits per heavy atom. The number of Topliss-reactive ketones (excluding diaryl/α,β-unsaturated/α-hetero) is 3. The van der Waals surface area contributed by atoms with Crippen LogP contribution in [0.2, 0.25) is 0 Å². The molecule has 0 radical (unpaired) electrons. The van der Waals surface area contributed by atoms with Crippen molar-refractivity contribution in [3.63, 3.8) is 0 Å². The van der Waals surface area contributed by atoms with Gasteiger partial charge >= 0.3 is 5.97 Å². The number of rotatable bonds is 5. The normalized spacial score (nSPS) is 40.5. The zero-order chi connectivity index (χ0) is 46.0. The molecule has 0 aliphatic heterocycles. The highest BCUT2D eigenvalue weighted by Gasteiger charge is 2.69. The lowest BCUT2D eigenvalue weighted by Gasteiger charge is -2.60. The standard InChI is InChI=1S/C24H32O6.C22H24N2O8/c1-13-9-16-17-6-8-24(29,20(28)12-30-14(2)25)23(17,4)11-19(27)21(16)22(3)7-5-15(26)10-18(13)22;1-21(31)8-5-4-6-11(25)12(8)16(26)13-9(21)7-10-15(24(2)3)17(27)14(20(23)30)19(29)22(10,32)18(13)28/h5,7,10,13,16-17,19,21,27,29H,6,8-9,11-12H2,1-4H3;4-6,9-10,15,25,27-28,31-32H,7H2,1-3H3,(H2,23,30)/t13-,16-,17-,19-,21+,22-,23-,24-;9-,10-,15-,21+,22-/m00/s1. The van der Waals surface area contributed by atoms with Crippen molar-refractivity contribution in [3.8, 4) is 5.75 Å². The van der Waals surface area contributed by atoms with Crippen LogP contribution < -0.4 is 5.73 Å². The van der Waals surface area contributed by atoms with E-state index < -0.39 is 116 Å². The molecule has 1 aromatic carbocycles. The van der Waals surface area contributed by atoms with E-state index >= 15 is 0 Å². The second-order valence-corrected chi connectivity index (χ2v) is 19.3. The molecule has 7 aliphatic rings. The predicted molar refractivity (Wildman–Crippen MR) is 219 cm³/mol. The van der Waals surface area contributed by atoms with Crippen LogP contribution in [0, 0.1) is 46.3 Å². The molecule has 0 aromatic heterocycles. The van der Waals surface area contributed by atoms with Crippen LogP contribution in [0.15, 0.2) is 64.7 Å². The number of carbonyl (C=O) groups excluding carboxylic acids is 6. The summed E-state index contributed by atoms with van der Waals surface area (Å²) in [4.78, 5) is 76.0. The first kappa shape index (κ1) is 45.0. The molecule has 16 nitrogen and oxygen atoms in total. The summed E-state index contributed by atoms with van der Waals surface area (Å²) >= 11 is 0. The molecule has 13 atom stereocenters. The van der Waals surface area contributed by atoms with Crippen molar-refractivity contribution in [2.75, 3.05) is 20.7 Å². The summed E-state index contributed by atoms with van der Waals surface area (Å²) in [7, 11) is 3.06. The minimum atomic E-state index is -2.75. The summed E-state index contributed by atoms with van der Waals surface area (Å²) in [6.07, 6.45) is 6.51. The number of hydrogen-bond donors (Lipinski definition) is 8. The van der Waals surface area contributed by atoms with E-state index in [2.05, 4.69) is 13.8 Å². The molecule has 62 heavy (non-hydrogen) atoms. The van der Waals surface area contributed by atoms with Crippen LogP contribution in [0.3, 0.4) is 0 Å². The Labute approximate surface area is 358 Å². The summed E-state index contributed by atoms with van der Waals surface area (Å²) < 4.78 is 4.89. The maximum atomic E-state index is 13.3. The van der Waals surface area contributed by atoms with Crippen molar-refractivity contribution < 1.29 is 69.2 Å². The number of primary amides is 1.